The van der Waals surface area contributed by atoms with E-state index in [2.05, 4.69) is 0 Å². The maximum Gasteiger partial charge on any atom is 0.336 e. The molecule has 3 rings (SSSR count). The number of esters is 1. The van der Waals surface area contributed by atoms with Crippen LogP contribution in [-0.2, 0) is 23.9 Å². The first-order valence-corrected chi connectivity index (χ1v) is 7.61. The lowest BCUT2D eigenvalue weighted by Crippen LogP contribution is -2.55. The number of rotatable bonds is 5. The van der Waals surface area contributed by atoms with Crippen molar-refractivity contribution in [3.63, 3.8) is 0 Å². The average Bonchev–Trinajstić information content (AvgIpc) is 2.91. The topological polar surface area (TPSA) is 72.9 Å². The van der Waals surface area contributed by atoms with E-state index < -0.39 is 18.2 Å². The molecule has 1 unspecified atom stereocenters. The lowest BCUT2D eigenvalue weighted by Gasteiger charge is -2.33. The van der Waals surface area contributed by atoms with Gasteiger partial charge in [-0.1, -0.05) is 42.5 Å². The number of hydrogen-bond acceptors (Lipinski definition) is 5. The lowest BCUT2D eigenvalue weighted by atomic mass is 10.0. The fraction of sp³-hybridized carbons (Fsp3) is 0.278. The Morgan fingerprint density at radius 3 is 2.75 bits per heavy atom. The predicted molar refractivity (Wildman–Crippen MR) is 85.3 cm³/mol. The van der Waals surface area contributed by atoms with Crippen LogP contribution in [0.15, 0.2) is 47.7 Å². The molecule has 0 bridgehead atoms. The van der Waals surface area contributed by atoms with E-state index >= 15 is 0 Å². The van der Waals surface area contributed by atoms with Crippen LogP contribution in [0.3, 0.4) is 0 Å². The van der Waals surface area contributed by atoms with E-state index in [1.807, 2.05) is 42.5 Å². The molecular formula is C18H17NO5. The van der Waals surface area contributed by atoms with Crippen molar-refractivity contribution < 1.29 is 23.9 Å². The van der Waals surface area contributed by atoms with E-state index in [0.29, 0.717) is 18.3 Å². The molecule has 0 saturated carbocycles. The Hall–Kier alpha value is -2.89. The molecule has 2 aliphatic heterocycles. The Balaban J connectivity index is 1.83. The monoisotopic (exact) mass is 327 g/mol. The summed E-state index contributed by atoms with van der Waals surface area (Å²) in [6, 6.07) is 8.68. The van der Waals surface area contributed by atoms with Gasteiger partial charge in [-0.3, -0.25) is 14.5 Å². The van der Waals surface area contributed by atoms with E-state index in [1.54, 1.807) is 0 Å². The third-order valence-electron chi connectivity index (χ3n) is 4.07. The Bertz CT molecular complexity index is 722. The van der Waals surface area contributed by atoms with Crippen molar-refractivity contribution in [2.45, 2.75) is 25.1 Å². The number of allylic oxidation sites excluding steroid dienone is 2. The molecule has 0 spiro atoms. The van der Waals surface area contributed by atoms with E-state index in [4.69, 9.17) is 9.47 Å². The first-order chi connectivity index (χ1) is 11.7. The fourth-order valence-corrected chi connectivity index (χ4v) is 2.82. The van der Waals surface area contributed by atoms with Crippen LogP contribution in [0.2, 0.25) is 0 Å². The second-order valence-corrected chi connectivity index (χ2v) is 5.53. The molecular weight excluding hydrogens is 310 g/mol. The van der Waals surface area contributed by atoms with Gasteiger partial charge in [0.05, 0.1) is 13.5 Å². The van der Waals surface area contributed by atoms with Crippen LogP contribution >= 0.6 is 0 Å². The smallest absolute Gasteiger partial charge is 0.336 e. The van der Waals surface area contributed by atoms with Crippen LogP contribution in [0.5, 0.6) is 0 Å². The molecule has 2 fully saturated rings. The van der Waals surface area contributed by atoms with Crippen molar-refractivity contribution in [2.24, 2.45) is 0 Å². The summed E-state index contributed by atoms with van der Waals surface area (Å²) in [5.41, 5.74) is 1.34. The predicted octanol–water partition coefficient (Wildman–Crippen LogP) is 1.67. The normalized spacial score (nSPS) is 24.2. The molecule has 0 radical (unpaired) electrons. The van der Waals surface area contributed by atoms with Gasteiger partial charge in [0.15, 0.2) is 12.3 Å². The SMILES string of the molecule is COC(=O)C1C(=C(C=O)CC=Cc2ccccc2)O[C@@H]2CC(=O)N12. The van der Waals surface area contributed by atoms with Crippen LogP contribution in [-0.4, -0.2) is 42.4 Å². The van der Waals surface area contributed by atoms with Crippen LogP contribution in [0.25, 0.3) is 6.08 Å². The highest BCUT2D eigenvalue weighted by Gasteiger charge is 2.54. The minimum atomic E-state index is -0.966. The molecule has 24 heavy (non-hydrogen) atoms. The molecule has 1 aromatic rings. The number of benzene rings is 1. The zero-order valence-electron chi connectivity index (χ0n) is 13.2. The van der Waals surface area contributed by atoms with Gasteiger partial charge in [-0.15, -0.1) is 0 Å². The quantitative estimate of drug-likeness (QED) is 0.356. The highest BCUT2D eigenvalue weighted by atomic mass is 16.6. The van der Waals surface area contributed by atoms with Crippen molar-refractivity contribution in [3.05, 3.63) is 53.3 Å². The third kappa shape index (κ3) is 2.82. The summed E-state index contributed by atoms with van der Waals surface area (Å²) in [5, 5.41) is 0. The van der Waals surface area contributed by atoms with E-state index in [9.17, 15) is 14.4 Å². The minimum Gasteiger partial charge on any atom is -0.471 e. The van der Waals surface area contributed by atoms with Gasteiger partial charge in [-0.05, 0) is 12.0 Å². The second-order valence-electron chi connectivity index (χ2n) is 5.53. The number of carbonyl (C=O) groups is 3. The van der Waals surface area contributed by atoms with Crippen LogP contribution in [0.4, 0.5) is 0 Å². The summed E-state index contributed by atoms with van der Waals surface area (Å²) in [6.45, 7) is 0. The van der Waals surface area contributed by atoms with Gasteiger partial charge < -0.3 is 9.47 Å². The molecule has 6 heteroatoms. The minimum absolute atomic E-state index is 0.185. The second kappa shape index (κ2) is 6.70. The number of β-lactam (4-membered cyclic amide) rings is 1. The highest BCUT2D eigenvalue weighted by molar-refractivity contribution is 5.93. The highest BCUT2D eigenvalue weighted by Crippen LogP contribution is 2.38. The number of ether oxygens (including phenoxy) is 2. The van der Waals surface area contributed by atoms with Gasteiger partial charge in [-0.2, -0.15) is 0 Å². The number of fused-ring (bicyclic) bond motifs is 1. The molecule has 1 aromatic carbocycles. The van der Waals surface area contributed by atoms with Crippen molar-refractivity contribution in [3.8, 4) is 0 Å². The average molecular weight is 327 g/mol. The molecule has 2 aliphatic rings. The van der Waals surface area contributed by atoms with Crippen LogP contribution in [0, 0.1) is 0 Å². The lowest BCUT2D eigenvalue weighted by molar-refractivity contribution is -0.164. The molecule has 0 N–H and O–H groups in total. The van der Waals surface area contributed by atoms with Gasteiger partial charge in [0.1, 0.15) is 12.0 Å². The number of amides is 1. The molecule has 6 nitrogen and oxygen atoms in total. The van der Waals surface area contributed by atoms with Gasteiger partial charge in [0.25, 0.3) is 0 Å². The van der Waals surface area contributed by atoms with Crippen molar-refractivity contribution >= 4 is 24.2 Å². The molecule has 0 aliphatic carbocycles. The summed E-state index contributed by atoms with van der Waals surface area (Å²) in [5.74, 6) is -0.576. The largest absolute Gasteiger partial charge is 0.471 e. The summed E-state index contributed by atoms with van der Waals surface area (Å²) >= 11 is 0. The maximum atomic E-state index is 12.0. The number of nitrogens with zero attached hydrogens (tertiary/aromatic N) is 1. The Morgan fingerprint density at radius 2 is 2.12 bits per heavy atom. The number of hydrogen-bond donors (Lipinski definition) is 0. The van der Waals surface area contributed by atoms with E-state index in [0.717, 1.165) is 5.56 Å². The summed E-state index contributed by atoms with van der Waals surface area (Å²) in [7, 11) is 1.24. The van der Waals surface area contributed by atoms with Gasteiger partial charge in [-0.25, -0.2) is 4.79 Å². The molecule has 2 atom stereocenters. The third-order valence-corrected chi connectivity index (χ3v) is 4.07. The van der Waals surface area contributed by atoms with Gasteiger partial charge in [0, 0.05) is 5.57 Å². The summed E-state index contributed by atoms with van der Waals surface area (Å²) < 4.78 is 10.4. The number of aldehydes is 1. The van der Waals surface area contributed by atoms with E-state index in [1.165, 1.54) is 12.0 Å². The molecule has 2 heterocycles. The zero-order chi connectivity index (χ0) is 17.1. The van der Waals surface area contributed by atoms with Crippen molar-refractivity contribution in [2.75, 3.05) is 7.11 Å². The Labute approximate surface area is 139 Å². The molecule has 124 valence electrons. The zero-order valence-corrected chi connectivity index (χ0v) is 13.2. The molecule has 1 amide bonds. The summed E-state index contributed by atoms with van der Waals surface area (Å²) in [6.07, 6.45) is 4.40. The summed E-state index contributed by atoms with van der Waals surface area (Å²) in [4.78, 5) is 36.5. The first-order valence-electron chi connectivity index (χ1n) is 7.61. The van der Waals surface area contributed by atoms with Crippen LogP contribution in [0.1, 0.15) is 18.4 Å². The maximum absolute atomic E-state index is 12.0. The Morgan fingerprint density at radius 1 is 1.38 bits per heavy atom. The number of methoxy groups -OCH3 is 1. The van der Waals surface area contributed by atoms with Crippen molar-refractivity contribution in [1.82, 2.24) is 4.90 Å². The number of carbonyl (C=O) groups excluding carboxylic acids is 3. The Kier molecular flexibility index (Phi) is 4.46. The fourth-order valence-electron chi connectivity index (χ4n) is 2.82. The molecule has 2 saturated heterocycles. The van der Waals surface area contributed by atoms with Crippen LogP contribution < -0.4 is 0 Å². The van der Waals surface area contributed by atoms with E-state index in [-0.39, 0.29) is 18.1 Å². The van der Waals surface area contributed by atoms with Gasteiger partial charge >= 0.3 is 5.97 Å². The standard InChI is InChI=1S/C18H17NO5/c1-23-18(22)16-17(24-15-10-14(21)19(15)16)13(11-20)9-5-8-12-6-3-2-4-7-12/h2-8,11,15-16H,9-10H2,1H3/t15-,16?/m1/s1. The van der Waals surface area contributed by atoms with Crippen molar-refractivity contribution in [1.29, 1.82) is 0 Å². The van der Waals surface area contributed by atoms with Gasteiger partial charge in [0.2, 0.25) is 5.91 Å². The molecule has 0 aromatic heterocycles. The first kappa shape index (κ1) is 16.0.